The van der Waals surface area contributed by atoms with E-state index >= 15 is 0 Å². The Bertz CT molecular complexity index is 572. The molecule has 0 radical (unpaired) electrons. The lowest BCUT2D eigenvalue weighted by molar-refractivity contribution is 0.0952. The lowest BCUT2D eigenvalue weighted by Crippen LogP contribution is -2.40. The minimum Gasteiger partial charge on any atom is -0.465 e. The number of hydrogen-bond donors (Lipinski definition) is 3. The first-order chi connectivity index (χ1) is 11.5. The highest BCUT2D eigenvalue weighted by Crippen LogP contribution is 2.36. The number of piperidine rings is 1. The average molecular weight is 375 g/mol. The minimum absolute atomic E-state index is 0. The van der Waals surface area contributed by atoms with Crippen LogP contribution in [0.5, 0.6) is 0 Å². The third-order valence-electron chi connectivity index (χ3n) is 4.96. The van der Waals surface area contributed by atoms with Crippen LogP contribution < -0.4 is 10.6 Å². The highest BCUT2D eigenvalue weighted by molar-refractivity contribution is 5.91. The van der Waals surface area contributed by atoms with Gasteiger partial charge >= 0.3 is 6.09 Å². The van der Waals surface area contributed by atoms with E-state index in [-0.39, 0.29) is 36.0 Å². The lowest BCUT2D eigenvalue weighted by Gasteiger charge is -2.38. The van der Waals surface area contributed by atoms with Crippen LogP contribution in [0.4, 0.5) is 4.79 Å². The van der Waals surface area contributed by atoms with Gasteiger partial charge in [0.25, 0.3) is 5.91 Å². The number of carbonyl (C=O) groups excluding carboxylic acids is 1. The van der Waals surface area contributed by atoms with Crippen molar-refractivity contribution >= 4 is 24.4 Å². The standard InChI is InChI=1S/C16H26N4O4.ClH/c1-3-16(4-7-18-8-5-16)6-9-20(15(22)23)11-12-10-13(19-24-12)14(21)17-2;/h10,18H,3-9,11H2,1-2H3,(H,17,21)(H,22,23);1H. The van der Waals surface area contributed by atoms with Crippen molar-refractivity contribution in [2.45, 2.75) is 39.2 Å². The number of carboxylic acid groups (broad SMARTS) is 1. The zero-order valence-corrected chi connectivity index (χ0v) is 15.5. The largest absolute Gasteiger partial charge is 0.465 e. The van der Waals surface area contributed by atoms with E-state index in [1.54, 1.807) is 0 Å². The maximum absolute atomic E-state index is 11.5. The molecule has 142 valence electrons. The molecule has 1 saturated heterocycles. The molecule has 1 aliphatic heterocycles. The summed E-state index contributed by atoms with van der Waals surface area (Å²) in [6, 6.07) is 1.48. The van der Waals surface area contributed by atoms with Gasteiger partial charge in [-0.1, -0.05) is 18.5 Å². The number of nitrogens with one attached hydrogen (secondary N) is 2. The monoisotopic (exact) mass is 374 g/mol. The molecule has 2 rings (SSSR count). The molecule has 9 heteroatoms. The van der Waals surface area contributed by atoms with E-state index in [2.05, 4.69) is 22.7 Å². The van der Waals surface area contributed by atoms with Gasteiger partial charge in [-0.3, -0.25) is 4.79 Å². The molecule has 25 heavy (non-hydrogen) atoms. The molecular formula is C16H27ClN4O4. The van der Waals surface area contributed by atoms with Crippen LogP contribution in [0.3, 0.4) is 0 Å². The quantitative estimate of drug-likeness (QED) is 0.674. The number of aromatic nitrogens is 1. The second-order valence-electron chi connectivity index (χ2n) is 6.32. The zero-order chi connectivity index (χ0) is 17.6. The summed E-state index contributed by atoms with van der Waals surface area (Å²) >= 11 is 0. The molecule has 1 aliphatic rings. The maximum atomic E-state index is 11.5. The zero-order valence-electron chi connectivity index (χ0n) is 14.7. The Morgan fingerprint density at radius 3 is 2.68 bits per heavy atom. The van der Waals surface area contributed by atoms with Crippen LogP contribution in [-0.2, 0) is 6.54 Å². The Labute approximate surface area is 153 Å². The van der Waals surface area contributed by atoms with Crippen molar-refractivity contribution in [2.24, 2.45) is 5.41 Å². The predicted molar refractivity (Wildman–Crippen MR) is 95.0 cm³/mol. The molecular weight excluding hydrogens is 348 g/mol. The van der Waals surface area contributed by atoms with Crippen LogP contribution in [0.25, 0.3) is 0 Å². The fraction of sp³-hybridized carbons (Fsp3) is 0.688. The van der Waals surface area contributed by atoms with Gasteiger partial charge in [0.2, 0.25) is 0 Å². The number of hydrogen-bond acceptors (Lipinski definition) is 5. The van der Waals surface area contributed by atoms with Gasteiger partial charge in [-0.15, -0.1) is 12.4 Å². The molecule has 8 nitrogen and oxygen atoms in total. The first kappa shape index (κ1) is 21.2. The van der Waals surface area contributed by atoms with Crippen LogP contribution >= 0.6 is 12.4 Å². The number of nitrogens with zero attached hydrogens (tertiary/aromatic N) is 2. The average Bonchev–Trinajstić information content (AvgIpc) is 3.07. The predicted octanol–water partition coefficient (Wildman–Crippen LogP) is 2.11. The summed E-state index contributed by atoms with van der Waals surface area (Å²) in [5.74, 6) is 0.0124. The Balaban J connectivity index is 0.00000312. The Hall–Kier alpha value is -1.80. The molecule has 1 fully saturated rings. The van der Waals surface area contributed by atoms with E-state index < -0.39 is 6.09 Å². The first-order valence-corrected chi connectivity index (χ1v) is 8.36. The van der Waals surface area contributed by atoms with E-state index in [9.17, 15) is 14.7 Å². The third-order valence-corrected chi connectivity index (χ3v) is 4.96. The van der Waals surface area contributed by atoms with Crippen LogP contribution in [0.15, 0.2) is 10.6 Å². The number of amides is 2. The summed E-state index contributed by atoms with van der Waals surface area (Å²) in [5, 5.41) is 18.9. The third kappa shape index (κ3) is 5.61. The van der Waals surface area contributed by atoms with Gasteiger partial charge in [0, 0.05) is 19.7 Å². The van der Waals surface area contributed by atoms with Gasteiger partial charge in [0.15, 0.2) is 11.5 Å². The molecule has 0 saturated carbocycles. The Kier molecular flexibility index (Phi) is 8.18. The molecule has 1 aromatic rings. The van der Waals surface area contributed by atoms with Crippen molar-refractivity contribution in [3.63, 3.8) is 0 Å². The summed E-state index contributed by atoms with van der Waals surface area (Å²) in [5.41, 5.74) is 0.356. The second-order valence-corrected chi connectivity index (χ2v) is 6.32. The van der Waals surface area contributed by atoms with Crippen LogP contribution in [-0.4, -0.2) is 53.8 Å². The van der Waals surface area contributed by atoms with Crippen LogP contribution in [0, 0.1) is 5.41 Å². The van der Waals surface area contributed by atoms with Crippen molar-refractivity contribution in [2.75, 3.05) is 26.7 Å². The van der Waals surface area contributed by atoms with Gasteiger partial charge in [0.05, 0.1) is 6.54 Å². The number of rotatable bonds is 7. The van der Waals surface area contributed by atoms with Crippen molar-refractivity contribution in [3.05, 3.63) is 17.5 Å². The Morgan fingerprint density at radius 2 is 2.12 bits per heavy atom. The molecule has 1 aromatic heterocycles. The molecule has 0 atom stereocenters. The fourth-order valence-corrected chi connectivity index (χ4v) is 3.16. The summed E-state index contributed by atoms with van der Waals surface area (Å²) in [7, 11) is 1.50. The van der Waals surface area contributed by atoms with E-state index in [0.29, 0.717) is 12.3 Å². The van der Waals surface area contributed by atoms with Gasteiger partial charge in [-0.05, 0) is 37.8 Å². The molecule has 0 unspecified atom stereocenters. The van der Waals surface area contributed by atoms with Gasteiger partial charge in [0.1, 0.15) is 0 Å². The van der Waals surface area contributed by atoms with Crippen LogP contribution in [0.1, 0.15) is 48.9 Å². The molecule has 2 heterocycles. The Morgan fingerprint density at radius 1 is 1.44 bits per heavy atom. The van der Waals surface area contributed by atoms with Crippen molar-refractivity contribution in [1.29, 1.82) is 0 Å². The van der Waals surface area contributed by atoms with E-state index in [1.807, 2.05) is 0 Å². The van der Waals surface area contributed by atoms with Gasteiger partial charge < -0.3 is 25.2 Å². The molecule has 0 aliphatic carbocycles. The van der Waals surface area contributed by atoms with E-state index in [1.165, 1.54) is 18.0 Å². The normalized spacial score (nSPS) is 15.9. The maximum Gasteiger partial charge on any atom is 0.407 e. The summed E-state index contributed by atoms with van der Waals surface area (Å²) in [6.07, 6.45) is 3.02. The fourth-order valence-electron chi connectivity index (χ4n) is 3.16. The van der Waals surface area contributed by atoms with E-state index in [4.69, 9.17) is 4.52 Å². The summed E-state index contributed by atoms with van der Waals surface area (Å²) in [4.78, 5) is 24.4. The molecule has 0 spiro atoms. The summed E-state index contributed by atoms with van der Waals surface area (Å²) < 4.78 is 5.09. The molecule has 2 amide bonds. The highest BCUT2D eigenvalue weighted by atomic mass is 35.5. The van der Waals surface area contributed by atoms with Crippen LogP contribution in [0.2, 0.25) is 0 Å². The van der Waals surface area contributed by atoms with Gasteiger partial charge in [-0.2, -0.15) is 0 Å². The van der Waals surface area contributed by atoms with Crippen molar-refractivity contribution in [1.82, 2.24) is 20.7 Å². The summed E-state index contributed by atoms with van der Waals surface area (Å²) in [6.45, 7) is 4.68. The first-order valence-electron chi connectivity index (χ1n) is 8.36. The lowest BCUT2D eigenvalue weighted by atomic mass is 9.74. The minimum atomic E-state index is -0.993. The molecule has 0 aromatic carbocycles. The van der Waals surface area contributed by atoms with E-state index in [0.717, 1.165) is 38.8 Å². The SMILES string of the molecule is CCC1(CCN(Cc2cc(C(=O)NC)no2)C(=O)O)CCNCC1.Cl. The highest BCUT2D eigenvalue weighted by Gasteiger charge is 2.31. The number of halogens is 1. The molecule has 0 bridgehead atoms. The topological polar surface area (TPSA) is 108 Å². The molecule has 3 N–H and O–H groups in total. The van der Waals surface area contributed by atoms with Crippen molar-refractivity contribution in [3.8, 4) is 0 Å². The van der Waals surface area contributed by atoms with Gasteiger partial charge in [-0.25, -0.2) is 4.79 Å². The number of carbonyl (C=O) groups is 2. The van der Waals surface area contributed by atoms with Crippen molar-refractivity contribution < 1.29 is 19.2 Å². The smallest absolute Gasteiger partial charge is 0.407 e. The second kappa shape index (κ2) is 9.62.